The standard InChI is InChI=1S/C11H7Cl3N2O/c12-6-1-3-7(4-2-6)15-11(17)9-5-8(13)10(14)16-9/h1-5,16H,(H,15,17). The number of benzene rings is 1. The third-order valence-corrected chi connectivity index (χ3v) is 3.02. The highest BCUT2D eigenvalue weighted by molar-refractivity contribution is 6.41. The average molecular weight is 290 g/mol. The maximum Gasteiger partial charge on any atom is 0.272 e. The molecule has 1 aromatic carbocycles. The Balaban J connectivity index is 2.14. The number of carbonyl (C=O) groups excluding carboxylic acids is 1. The zero-order valence-corrected chi connectivity index (χ0v) is 10.7. The Bertz CT molecular complexity index is 529. The van der Waals surface area contributed by atoms with Crippen LogP contribution < -0.4 is 5.32 Å². The van der Waals surface area contributed by atoms with Gasteiger partial charge in [-0.3, -0.25) is 4.79 Å². The van der Waals surface area contributed by atoms with Gasteiger partial charge in [0.05, 0.1) is 5.02 Å². The zero-order valence-electron chi connectivity index (χ0n) is 8.43. The van der Waals surface area contributed by atoms with Crippen molar-refractivity contribution in [2.45, 2.75) is 0 Å². The van der Waals surface area contributed by atoms with E-state index in [4.69, 9.17) is 34.8 Å². The van der Waals surface area contributed by atoms with Gasteiger partial charge in [-0.2, -0.15) is 0 Å². The molecule has 0 saturated heterocycles. The van der Waals surface area contributed by atoms with E-state index in [2.05, 4.69) is 10.3 Å². The Labute approximate surface area is 113 Å². The lowest BCUT2D eigenvalue weighted by molar-refractivity contribution is 0.102. The van der Waals surface area contributed by atoms with E-state index in [1.54, 1.807) is 24.3 Å². The van der Waals surface area contributed by atoms with Gasteiger partial charge in [-0.15, -0.1) is 0 Å². The van der Waals surface area contributed by atoms with Gasteiger partial charge in [0.15, 0.2) is 0 Å². The summed E-state index contributed by atoms with van der Waals surface area (Å²) in [6, 6.07) is 8.24. The van der Waals surface area contributed by atoms with E-state index >= 15 is 0 Å². The number of halogens is 3. The molecule has 6 heteroatoms. The molecule has 88 valence electrons. The molecule has 1 amide bonds. The van der Waals surface area contributed by atoms with E-state index in [9.17, 15) is 4.79 Å². The first kappa shape index (κ1) is 12.3. The molecule has 0 saturated carbocycles. The molecule has 0 fully saturated rings. The maximum absolute atomic E-state index is 11.8. The summed E-state index contributed by atoms with van der Waals surface area (Å²) in [7, 11) is 0. The number of anilines is 1. The molecule has 0 spiro atoms. The van der Waals surface area contributed by atoms with E-state index in [1.807, 2.05) is 0 Å². The molecule has 1 aromatic heterocycles. The highest BCUT2D eigenvalue weighted by atomic mass is 35.5. The van der Waals surface area contributed by atoms with Crippen molar-refractivity contribution in [1.82, 2.24) is 4.98 Å². The molecule has 0 aliphatic rings. The Morgan fingerprint density at radius 2 is 1.76 bits per heavy atom. The number of rotatable bonds is 2. The summed E-state index contributed by atoms with van der Waals surface area (Å²) in [6.45, 7) is 0. The first-order valence-corrected chi connectivity index (χ1v) is 5.80. The van der Waals surface area contributed by atoms with Crippen LogP contribution in [0, 0.1) is 0 Å². The summed E-state index contributed by atoms with van der Waals surface area (Å²) in [5.74, 6) is -0.318. The minimum absolute atomic E-state index is 0.243. The average Bonchev–Trinajstić information content (AvgIpc) is 2.63. The van der Waals surface area contributed by atoms with Gasteiger partial charge in [0.1, 0.15) is 10.8 Å². The van der Waals surface area contributed by atoms with Crippen LogP contribution in [0.5, 0.6) is 0 Å². The van der Waals surface area contributed by atoms with Crippen LogP contribution in [0.2, 0.25) is 15.2 Å². The third-order valence-electron chi connectivity index (χ3n) is 2.07. The quantitative estimate of drug-likeness (QED) is 0.854. The minimum Gasteiger partial charge on any atom is -0.340 e. The van der Waals surface area contributed by atoms with Crippen molar-refractivity contribution in [2.75, 3.05) is 5.32 Å². The minimum atomic E-state index is -0.318. The second-order valence-corrected chi connectivity index (χ2v) is 4.53. The maximum atomic E-state index is 11.8. The summed E-state index contributed by atoms with van der Waals surface area (Å²) >= 11 is 17.2. The number of nitrogens with one attached hydrogen (secondary N) is 2. The molecule has 1 heterocycles. The SMILES string of the molecule is O=C(Nc1ccc(Cl)cc1)c1cc(Cl)c(Cl)[nH]1. The van der Waals surface area contributed by atoms with Gasteiger partial charge in [0, 0.05) is 10.7 Å². The lowest BCUT2D eigenvalue weighted by atomic mass is 10.3. The van der Waals surface area contributed by atoms with Gasteiger partial charge in [0.2, 0.25) is 0 Å². The number of H-pyrrole nitrogens is 1. The van der Waals surface area contributed by atoms with E-state index in [1.165, 1.54) is 6.07 Å². The molecule has 2 N–H and O–H groups in total. The van der Waals surface area contributed by atoms with Crippen LogP contribution in [0.1, 0.15) is 10.5 Å². The molecule has 3 nitrogen and oxygen atoms in total. The molecular formula is C11H7Cl3N2O. The molecular weight excluding hydrogens is 282 g/mol. The van der Waals surface area contributed by atoms with E-state index in [-0.39, 0.29) is 11.1 Å². The monoisotopic (exact) mass is 288 g/mol. The van der Waals surface area contributed by atoms with E-state index < -0.39 is 0 Å². The molecule has 0 radical (unpaired) electrons. The highest BCUT2D eigenvalue weighted by Crippen LogP contribution is 2.22. The number of hydrogen-bond acceptors (Lipinski definition) is 1. The van der Waals surface area contributed by atoms with Gasteiger partial charge in [0.25, 0.3) is 5.91 Å². The Morgan fingerprint density at radius 3 is 2.29 bits per heavy atom. The summed E-state index contributed by atoms with van der Waals surface area (Å²) in [6.07, 6.45) is 0. The Morgan fingerprint density at radius 1 is 1.12 bits per heavy atom. The number of amides is 1. The first-order valence-electron chi connectivity index (χ1n) is 4.67. The largest absolute Gasteiger partial charge is 0.340 e. The molecule has 2 aromatic rings. The van der Waals surface area contributed by atoms with Crippen molar-refractivity contribution in [1.29, 1.82) is 0 Å². The van der Waals surface area contributed by atoms with Gasteiger partial charge >= 0.3 is 0 Å². The van der Waals surface area contributed by atoms with Gasteiger partial charge in [-0.1, -0.05) is 34.8 Å². The summed E-state index contributed by atoms with van der Waals surface area (Å²) < 4.78 is 0. The number of aromatic amines is 1. The third kappa shape index (κ3) is 2.94. The first-order chi connectivity index (χ1) is 8.06. The van der Waals surface area contributed by atoms with Crippen LogP contribution in [0.25, 0.3) is 0 Å². The second-order valence-electron chi connectivity index (χ2n) is 3.31. The Kier molecular flexibility index (Phi) is 3.62. The van der Waals surface area contributed by atoms with Crippen LogP contribution >= 0.6 is 34.8 Å². The second kappa shape index (κ2) is 5.00. The molecule has 0 aliphatic heterocycles. The van der Waals surface area contributed by atoms with Crippen LogP contribution in [0.3, 0.4) is 0 Å². The predicted molar refractivity (Wildman–Crippen MR) is 70.2 cm³/mol. The van der Waals surface area contributed by atoms with Gasteiger partial charge in [-0.05, 0) is 30.3 Å². The predicted octanol–water partition coefficient (Wildman–Crippen LogP) is 4.23. The summed E-state index contributed by atoms with van der Waals surface area (Å²) in [4.78, 5) is 14.4. The van der Waals surface area contributed by atoms with Crippen molar-refractivity contribution >= 4 is 46.4 Å². The van der Waals surface area contributed by atoms with E-state index in [0.717, 1.165) is 0 Å². The molecule has 0 unspecified atom stereocenters. The topological polar surface area (TPSA) is 44.9 Å². The van der Waals surface area contributed by atoms with Crippen molar-refractivity contribution in [3.63, 3.8) is 0 Å². The number of hydrogen-bond donors (Lipinski definition) is 2. The summed E-state index contributed by atoms with van der Waals surface area (Å²) in [5, 5.41) is 3.84. The lowest BCUT2D eigenvalue weighted by Crippen LogP contribution is -2.11. The van der Waals surface area contributed by atoms with Gasteiger partial charge in [-0.25, -0.2) is 0 Å². The number of aromatic nitrogens is 1. The van der Waals surface area contributed by atoms with Crippen LogP contribution in [0.4, 0.5) is 5.69 Å². The van der Waals surface area contributed by atoms with E-state index in [0.29, 0.717) is 21.4 Å². The van der Waals surface area contributed by atoms with Crippen LogP contribution in [-0.4, -0.2) is 10.9 Å². The van der Waals surface area contributed by atoms with Gasteiger partial charge < -0.3 is 10.3 Å². The molecule has 0 aliphatic carbocycles. The van der Waals surface area contributed by atoms with Crippen molar-refractivity contribution in [3.05, 3.63) is 51.2 Å². The molecule has 2 rings (SSSR count). The van der Waals surface area contributed by atoms with Crippen LogP contribution in [0.15, 0.2) is 30.3 Å². The normalized spacial score (nSPS) is 10.3. The Hall–Kier alpha value is -1.16. The molecule has 0 atom stereocenters. The summed E-state index contributed by atoms with van der Waals surface area (Å²) in [5.41, 5.74) is 0.941. The van der Waals surface area contributed by atoms with Crippen molar-refractivity contribution < 1.29 is 4.79 Å². The lowest BCUT2D eigenvalue weighted by Gasteiger charge is -2.03. The van der Waals surface area contributed by atoms with Crippen LogP contribution in [-0.2, 0) is 0 Å². The fourth-order valence-electron chi connectivity index (χ4n) is 1.26. The molecule has 17 heavy (non-hydrogen) atoms. The van der Waals surface area contributed by atoms with Crippen molar-refractivity contribution in [2.24, 2.45) is 0 Å². The molecule has 0 bridgehead atoms. The zero-order chi connectivity index (χ0) is 12.4. The van der Waals surface area contributed by atoms with Crippen molar-refractivity contribution in [3.8, 4) is 0 Å². The number of carbonyl (C=O) groups is 1. The smallest absolute Gasteiger partial charge is 0.272 e. The fourth-order valence-corrected chi connectivity index (χ4v) is 1.70. The fraction of sp³-hybridized carbons (Fsp3) is 0. The highest BCUT2D eigenvalue weighted by Gasteiger charge is 2.11.